The third-order valence-corrected chi connectivity index (χ3v) is 2.65. The molecule has 0 heterocycles. The van der Waals surface area contributed by atoms with E-state index in [1.165, 1.54) is 25.8 Å². The Labute approximate surface area is 77.3 Å². The molecule has 0 saturated carbocycles. The molecule has 0 aromatic heterocycles. The van der Waals surface area contributed by atoms with Gasteiger partial charge in [0.05, 0.1) is 20.6 Å². The smallest absolute Gasteiger partial charge is 0.139 e. The second-order valence-corrected chi connectivity index (χ2v) is 4.18. The summed E-state index contributed by atoms with van der Waals surface area (Å²) in [5.74, 6) is 0. The maximum Gasteiger partial charge on any atom is 0.139 e. The number of nitrogens with zero attached hydrogens (tertiary/aromatic N) is 1. The maximum absolute atomic E-state index is 6.01. The van der Waals surface area contributed by atoms with Gasteiger partial charge in [0.2, 0.25) is 0 Å². The minimum absolute atomic E-state index is 0.307. The lowest BCUT2D eigenvalue weighted by atomic mass is 10.2. The molecule has 2 nitrogen and oxygen atoms in total. The minimum atomic E-state index is 0.307. The Bertz CT molecular complexity index is 110. The van der Waals surface area contributed by atoms with Crippen LogP contribution in [0.1, 0.15) is 39.5 Å². The average Bonchev–Trinajstić information content (AvgIpc) is 2.03. The quantitative estimate of drug-likeness (QED) is 0.371. The normalized spacial score (nSPS) is 14.8. The van der Waals surface area contributed by atoms with Crippen LogP contribution in [0.3, 0.4) is 0 Å². The van der Waals surface area contributed by atoms with E-state index >= 15 is 0 Å². The van der Waals surface area contributed by atoms with Crippen LogP contribution < -0.4 is 5.73 Å². The first-order valence-corrected chi connectivity index (χ1v) is 5.12. The second kappa shape index (κ2) is 5.55. The first-order valence-electron chi connectivity index (χ1n) is 5.12. The van der Waals surface area contributed by atoms with Gasteiger partial charge < -0.3 is 4.48 Å². The number of hydrogen-bond acceptors (Lipinski definition) is 1. The lowest BCUT2D eigenvalue weighted by Gasteiger charge is -2.35. The minimum Gasteiger partial charge on any atom is -0.314 e. The summed E-state index contributed by atoms with van der Waals surface area (Å²) >= 11 is 0. The lowest BCUT2D eigenvalue weighted by Crippen LogP contribution is -2.53. The Kier molecular flexibility index (Phi) is 5.51. The number of unbranched alkanes of at least 4 members (excludes halogenated alkanes) is 2. The van der Waals surface area contributed by atoms with Gasteiger partial charge in [-0.05, 0) is 12.8 Å². The molecule has 0 aliphatic rings. The molecule has 1 unspecified atom stereocenters. The van der Waals surface area contributed by atoms with Gasteiger partial charge in [-0.1, -0.05) is 20.3 Å². The fourth-order valence-electron chi connectivity index (χ4n) is 1.43. The Morgan fingerprint density at radius 2 is 1.75 bits per heavy atom. The van der Waals surface area contributed by atoms with E-state index in [4.69, 9.17) is 5.73 Å². The van der Waals surface area contributed by atoms with E-state index in [-0.39, 0.29) is 0 Å². The van der Waals surface area contributed by atoms with Crippen LogP contribution in [0.25, 0.3) is 0 Å². The fraction of sp³-hybridized carbons (Fsp3) is 1.00. The highest BCUT2D eigenvalue weighted by Gasteiger charge is 2.21. The zero-order valence-corrected chi connectivity index (χ0v) is 9.14. The lowest BCUT2D eigenvalue weighted by molar-refractivity contribution is -0.915. The van der Waals surface area contributed by atoms with Crippen molar-refractivity contribution in [2.45, 2.75) is 45.7 Å². The van der Waals surface area contributed by atoms with Gasteiger partial charge in [-0.2, -0.15) is 0 Å². The molecule has 0 radical (unpaired) electrons. The van der Waals surface area contributed by atoms with Crippen LogP contribution in [-0.2, 0) is 0 Å². The highest BCUT2D eigenvalue weighted by atomic mass is 15.4. The molecule has 12 heavy (non-hydrogen) atoms. The average molecular weight is 173 g/mol. The Balaban J connectivity index is 3.70. The molecule has 74 valence electrons. The predicted octanol–water partition coefficient (Wildman–Crippen LogP) is 1.95. The molecule has 0 aromatic carbocycles. The summed E-state index contributed by atoms with van der Waals surface area (Å²) in [6.07, 6.45) is 5.30. The zero-order valence-electron chi connectivity index (χ0n) is 9.14. The van der Waals surface area contributed by atoms with Gasteiger partial charge in [-0.25, -0.2) is 0 Å². The summed E-state index contributed by atoms with van der Waals surface area (Å²) in [6.45, 7) is 5.60. The molecule has 0 saturated heterocycles. The van der Waals surface area contributed by atoms with Gasteiger partial charge in [0.15, 0.2) is 0 Å². The van der Waals surface area contributed by atoms with Crippen LogP contribution in [-0.4, -0.2) is 31.3 Å². The summed E-state index contributed by atoms with van der Waals surface area (Å²) in [5.41, 5.74) is 6.01. The maximum atomic E-state index is 6.01. The third kappa shape index (κ3) is 4.07. The molecule has 1 atom stereocenters. The molecule has 0 aromatic rings. The van der Waals surface area contributed by atoms with E-state index in [1.807, 2.05) is 0 Å². The first kappa shape index (κ1) is 11.9. The van der Waals surface area contributed by atoms with Gasteiger partial charge in [-0.3, -0.25) is 5.73 Å². The molecule has 0 rings (SSSR count). The van der Waals surface area contributed by atoms with Crippen LogP contribution in [0.4, 0.5) is 0 Å². The van der Waals surface area contributed by atoms with Crippen molar-refractivity contribution < 1.29 is 4.48 Å². The largest absolute Gasteiger partial charge is 0.314 e. The van der Waals surface area contributed by atoms with E-state index in [9.17, 15) is 0 Å². The topological polar surface area (TPSA) is 26.0 Å². The summed E-state index contributed by atoms with van der Waals surface area (Å²) in [5, 5.41) is 0. The van der Waals surface area contributed by atoms with Crippen LogP contribution in [0, 0.1) is 0 Å². The molecule has 2 heteroatoms. The van der Waals surface area contributed by atoms with Gasteiger partial charge in [0.1, 0.15) is 6.17 Å². The predicted molar refractivity (Wildman–Crippen MR) is 54.8 cm³/mol. The Morgan fingerprint density at radius 1 is 1.17 bits per heavy atom. The van der Waals surface area contributed by atoms with Crippen molar-refractivity contribution in [1.29, 1.82) is 0 Å². The molecule has 0 fully saturated rings. The summed E-state index contributed by atoms with van der Waals surface area (Å²) < 4.78 is 0.969. The zero-order chi connectivity index (χ0) is 9.61. The van der Waals surface area contributed by atoms with Crippen LogP contribution in [0.5, 0.6) is 0 Å². The van der Waals surface area contributed by atoms with Gasteiger partial charge in [-0.15, -0.1) is 0 Å². The van der Waals surface area contributed by atoms with Crippen LogP contribution in [0.2, 0.25) is 0 Å². The number of quaternary nitrogens is 1. The van der Waals surface area contributed by atoms with E-state index in [1.54, 1.807) is 0 Å². The van der Waals surface area contributed by atoms with Crippen molar-refractivity contribution in [1.82, 2.24) is 0 Å². The number of nitrogens with two attached hydrogens (primary N) is 1. The summed E-state index contributed by atoms with van der Waals surface area (Å²) in [7, 11) is 4.45. The Morgan fingerprint density at radius 3 is 2.17 bits per heavy atom. The van der Waals surface area contributed by atoms with E-state index in [0.29, 0.717) is 6.17 Å². The number of rotatable bonds is 6. The van der Waals surface area contributed by atoms with Crippen LogP contribution in [0.15, 0.2) is 0 Å². The van der Waals surface area contributed by atoms with Gasteiger partial charge in [0.25, 0.3) is 0 Å². The highest BCUT2D eigenvalue weighted by Crippen LogP contribution is 2.08. The molecule has 0 amide bonds. The van der Waals surface area contributed by atoms with E-state index in [2.05, 4.69) is 27.9 Å². The highest BCUT2D eigenvalue weighted by molar-refractivity contribution is 4.45. The standard InChI is InChI=1S/C10H25N2/c1-5-7-8-9-12(3,4)10(11)6-2/h10H,5-9,11H2,1-4H3/q+1. The first-order chi connectivity index (χ1) is 5.54. The van der Waals surface area contributed by atoms with Crippen molar-refractivity contribution in [3.8, 4) is 0 Å². The third-order valence-electron chi connectivity index (χ3n) is 2.65. The van der Waals surface area contributed by atoms with Crippen molar-refractivity contribution in [2.75, 3.05) is 20.6 Å². The summed E-state index contributed by atoms with van der Waals surface area (Å²) in [6, 6.07) is 0. The molecule has 2 N–H and O–H groups in total. The van der Waals surface area contributed by atoms with E-state index < -0.39 is 0 Å². The second-order valence-electron chi connectivity index (χ2n) is 4.18. The van der Waals surface area contributed by atoms with Gasteiger partial charge in [0, 0.05) is 6.42 Å². The van der Waals surface area contributed by atoms with Gasteiger partial charge >= 0.3 is 0 Å². The fourth-order valence-corrected chi connectivity index (χ4v) is 1.43. The summed E-state index contributed by atoms with van der Waals surface area (Å²) in [4.78, 5) is 0. The van der Waals surface area contributed by atoms with Crippen molar-refractivity contribution in [3.05, 3.63) is 0 Å². The molecule has 0 bridgehead atoms. The molecule has 0 spiro atoms. The van der Waals surface area contributed by atoms with E-state index in [0.717, 1.165) is 10.9 Å². The van der Waals surface area contributed by atoms with Crippen molar-refractivity contribution in [3.63, 3.8) is 0 Å². The Hall–Kier alpha value is -0.0800. The molecular formula is C10H25N2+. The monoisotopic (exact) mass is 173 g/mol. The molecular weight excluding hydrogens is 148 g/mol. The molecule has 0 aliphatic carbocycles. The van der Waals surface area contributed by atoms with Crippen LogP contribution >= 0.6 is 0 Å². The molecule has 0 aliphatic heterocycles. The van der Waals surface area contributed by atoms with Crippen molar-refractivity contribution in [2.24, 2.45) is 5.73 Å². The van der Waals surface area contributed by atoms with Crippen molar-refractivity contribution >= 4 is 0 Å². The number of hydrogen-bond donors (Lipinski definition) is 1. The SMILES string of the molecule is CCCCC[N+](C)(C)C(N)CC.